The van der Waals surface area contributed by atoms with E-state index in [9.17, 15) is 0 Å². The van der Waals surface area contributed by atoms with Gasteiger partial charge in [0.15, 0.2) is 0 Å². The molecule has 4 heteroatoms. The van der Waals surface area contributed by atoms with Gasteiger partial charge in [0.05, 0.1) is 11.6 Å². The average molecular weight is 283 g/mol. The van der Waals surface area contributed by atoms with E-state index in [2.05, 4.69) is 30.1 Å². The summed E-state index contributed by atoms with van der Waals surface area (Å²) in [6, 6.07) is 6.35. The summed E-state index contributed by atoms with van der Waals surface area (Å²) in [4.78, 5) is 2.42. The van der Waals surface area contributed by atoms with E-state index in [1.165, 1.54) is 5.56 Å². The summed E-state index contributed by atoms with van der Waals surface area (Å²) in [7, 11) is 0. The van der Waals surface area contributed by atoms with Gasteiger partial charge >= 0.3 is 0 Å². The number of fused-ring (bicyclic) bond motifs is 1. The molecule has 1 N–H and O–H groups in total. The molecule has 0 saturated heterocycles. The van der Waals surface area contributed by atoms with E-state index < -0.39 is 0 Å². The zero-order valence-electron chi connectivity index (χ0n) is 11.8. The Kier molecular flexibility index (Phi) is 5.49. The lowest BCUT2D eigenvalue weighted by Gasteiger charge is -2.28. The fourth-order valence-electron chi connectivity index (χ4n) is 2.54. The molecule has 1 aliphatic rings. The number of para-hydroxylation sites is 1. The lowest BCUT2D eigenvalue weighted by Crippen LogP contribution is -2.35. The average Bonchev–Trinajstić information content (AvgIpc) is 2.44. The van der Waals surface area contributed by atoms with E-state index in [0.717, 1.165) is 45.0 Å². The van der Waals surface area contributed by atoms with Gasteiger partial charge in [0, 0.05) is 31.1 Å². The molecule has 19 heavy (non-hydrogen) atoms. The van der Waals surface area contributed by atoms with Crippen LogP contribution in [0.2, 0.25) is 5.02 Å². The Labute approximate surface area is 120 Å². The highest BCUT2D eigenvalue weighted by atomic mass is 35.5. The molecule has 1 atom stereocenters. The highest BCUT2D eigenvalue weighted by Gasteiger charge is 2.22. The number of benzene rings is 1. The molecule has 0 aliphatic carbocycles. The molecule has 0 bridgehead atoms. The predicted molar refractivity (Wildman–Crippen MR) is 80.1 cm³/mol. The summed E-state index contributed by atoms with van der Waals surface area (Å²) < 4.78 is 5.67. The maximum atomic E-state index is 6.18. The second-order valence-corrected chi connectivity index (χ2v) is 5.24. The van der Waals surface area contributed by atoms with Crippen molar-refractivity contribution in [2.24, 2.45) is 0 Å². The van der Waals surface area contributed by atoms with Gasteiger partial charge < -0.3 is 15.0 Å². The molecule has 1 heterocycles. The normalized spacial score (nSPS) is 18.2. The van der Waals surface area contributed by atoms with Crippen LogP contribution in [0.1, 0.15) is 31.9 Å². The third-order valence-corrected chi connectivity index (χ3v) is 4.04. The van der Waals surface area contributed by atoms with Crippen LogP contribution in [0, 0.1) is 0 Å². The quantitative estimate of drug-likeness (QED) is 0.868. The van der Waals surface area contributed by atoms with Crippen molar-refractivity contribution in [3.05, 3.63) is 28.8 Å². The SMILES string of the molecule is CCN(CC)CCNC1CCOc2c(Cl)cccc21. The minimum atomic E-state index is 0.359. The van der Waals surface area contributed by atoms with Gasteiger partial charge in [0.25, 0.3) is 0 Å². The number of ether oxygens (including phenoxy) is 1. The van der Waals surface area contributed by atoms with Gasteiger partial charge in [-0.3, -0.25) is 0 Å². The molecule has 0 fully saturated rings. The van der Waals surface area contributed by atoms with Crippen LogP contribution in [0.25, 0.3) is 0 Å². The molecule has 1 aromatic rings. The van der Waals surface area contributed by atoms with Crippen molar-refractivity contribution < 1.29 is 4.74 Å². The van der Waals surface area contributed by atoms with Gasteiger partial charge in [0.1, 0.15) is 5.75 Å². The standard InChI is InChI=1S/C15H23ClN2O/c1-3-18(4-2)10-9-17-14-8-11-19-15-12(14)6-5-7-13(15)16/h5-7,14,17H,3-4,8-11H2,1-2H3. The van der Waals surface area contributed by atoms with Crippen LogP contribution >= 0.6 is 11.6 Å². The number of hydrogen-bond acceptors (Lipinski definition) is 3. The molecular formula is C15H23ClN2O. The Balaban J connectivity index is 1.94. The van der Waals surface area contributed by atoms with Crippen molar-refractivity contribution in [2.45, 2.75) is 26.3 Å². The highest BCUT2D eigenvalue weighted by Crippen LogP contribution is 2.37. The number of likely N-dealkylation sites (N-methyl/N-ethyl adjacent to an activating group) is 1. The summed E-state index contributed by atoms with van der Waals surface area (Å²) in [5.74, 6) is 0.857. The van der Waals surface area contributed by atoms with Gasteiger partial charge in [-0.15, -0.1) is 0 Å². The van der Waals surface area contributed by atoms with Crippen molar-refractivity contribution in [1.29, 1.82) is 0 Å². The molecule has 2 rings (SSSR count). The molecule has 3 nitrogen and oxygen atoms in total. The number of nitrogens with one attached hydrogen (secondary N) is 1. The molecule has 0 spiro atoms. The van der Waals surface area contributed by atoms with Crippen molar-refractivity contribution in [2.75, 3.05) is 32.8 Å². The van der Waals surface area contributed by atoms with E-state index in [1.54, 1.807) is 0 Å². The third kappa shape index (κ3) is 3.62. The van der Waals surface area contributed by atoms with Crippen LogP contribution in [-0.4, -0.2) is 37.7 Å². The largest absolute Gasteiger partial charge is 0.492 e. The Morgan fingerprint density at radius 2 is 2.16 bits per heavy atom. The Bertz CT molecular complexity index is 407. The topological polar surface area (TPSA) is 24.5 Å². The minimum Gasteiger partial charge on any atom is -0.492 e. The summed E-state index contributed by atoms with van der Waals surface area (Å²) in [5.41, 5.74) is 1.19. The maximum absolute atomic E-state index is 6.18. The summed E-state index contributed by atoms with van der Waals surface area (Å²) in [6.45, 7) is 9.43. The first-order valence-corrected chi connectivity index (χ1v) is 7.51. The summed E-state index contributed by atoms with van der Waals surface area (Å²) >= 11 is 6.18. The monoisotopic (exact) mass is 282 g/mol. The van der Waals surface area contributed by atoms with Gasteiger partial charge in [0.2, 0.25) is 0 Å². The molecule has 1 unspecified atom stereocenters. The molecule has 1 aromatic carbocycles. The fourth-order valence-corrected chi connectivity index (χ4v) is 2.77. The van der Waals surface area contributed by atoms with E-state index in [1.807, 2.05) is 12.1 Å². The van der Waals surface area contributed by atoms with Crippen molar-refractivity contribution >= 4 is 11.6 Å². The number of halogens is 1. The number of rotatable bonds is 6. The van der Waals surface area contributed by atoms with Crippen LogP contribution in [0.3, 0.4) is 0 Å². The summed E-state index contributed by atoms with van der Waals surface area (Å²) in [6.07, 6.45) is 1.01. The third-order valence-electron chi connectivity index (χ3n) is 3.74. The van der Waals surface area contributed by atoms with E-state index in [4.69, 9.17) is 16.3 Å². The van der Waals surface area contributed by atoms with Crippen LogP contribution in [-0.2, 0) is 0 Å². The van der Waals surface area contributed by atoms with Crippen molar-refractivity contribution in [3.8, 4) is 5.75 Å². The smallest absolute Gasteiger partial charge is 0.142 e. The maximum Gasteiger partial charge on any atom is 0.142 e. The molecule has 0 aromatic heterocycles. The Hall–Kier alpha value is -0.770. The molecule has 1 aliphatic heterocycles. The van der Waals surface area contributed by atoms with Crippen molar-refractivity contribution in [1.82, 2.24) is 10.2 Å². The van der Waals surface area contributed by atoms with Crippen LogP contribution < -0.4 is 10.1 Å². The molecule has 106 valence electrons. The summed E-state index contributed by atoms with van der Waals surface area (Å²) in [5, 5.41) is 4.34. The molecule has 0 saturated carbocycles. The lowest BCUT2D eigenvalue weighted by molar-refractivity contribution is 0.243. The predicted octanol–water partition coefficient (Wildman–Crippen LogP) is 3.10. The highest BCUT2D eigenvalue weighted by molar-refractivity contribution is 6.32. The number of nitrogens with zero attached hydrogens (tertiary/aromatic N) is 1. The van der Waals surface area contributed by atoms with Crippen LogP contribution in [0.15, 0.2) is 18.2 Å². The van der Waals surface area contributed by atoms with Crippen LogP contribution in [0.4, 0.5) is 0 Å². The zero-order valence-corrected chi connectivity index (χ0v) is 12.5. The first kappa shape index (κ1) is 14.6. The van der Waals surface area contributed by atoms with Crippen LogP contribution in [0.5, 0.6) is 5.75 Å². The van der Waals surface area contributed by atoms with Gasteiger partial charge in [-0.05, 0) is 19.2 Å². The first-order chi connectivity index (χ1) is 9.26. The van der Waals surface area contributed by atoms with E-state index in [-0.39, 0.29) is 0 Å². The Morgan fingerprint density at radius 3 is 2.89 bits per heavy atom. The Morgan fingerprint density at radius 1 is 1.37 bits per heavy atom. The second kappa shape index (κ2) is 7.13. The second-order valence-electron chi connectivity index (χ2n) is 4.83. The minimum absolute atomic E-state index is 0.359. The van der Waals surface area contributed by atoms with Gasteiger partial charge in [-0.1, -0.05) is 37.6 Å². The molecule has 0 radical (unpaired) electrons. The lowest BCUT2D eigenvalue weighted by atomic mass is 10.0. The van der Waals surface area contributed by atoms with Gasteiger partial charge in [-0.2, -0.15) is 0 Å². The zero-order chi connectivity index (χ0) is 13.7. The fraction of sp³-hybridized carbons (Fsp3) is 0.600. The van der Waals surface area contributed by atoms with E-state index in [0.29, 0.717) is 11.1 Å². The van der Waals surface area contributed by atoms with Gasteiger partial charge in [-0.25, -0.2) is 0 Å². The molecule has 0 amide bonds. The van der Waals surface area contributed by atoms with Crippen molar-refractivity contribution in [3.63, 3.8) is 0 Å². The number of hydrogen-bond donors (Lipinski definition) is 1. The first-order valence-electron chi connectivity index (χ1n) is 7.13. The van der Waals surface area contributed by atoms with E-state index >= 15 is 0 Å². The molecular weight excluding hydrogens is 260 g/mol.